The molecule has 1 saturated heterocycles. The van der Waals surface area contributed by atoms with E-state index in [-0.39, 0.29) is 12.5 Å². The lowest BCUT2D eigenvalue weighted by atomic mass is 10.1. The number of halogens is 4. The molecule has 0 radical (unpaired) electrons. The van der Waals surface area contributed by atoms with Crippen LogP contribution < -0.4 is 4.74 Å². The number of carbonyl (C=O) groups is 1. The SMILES string of the molecule is O=C1/C(=C\c2cc(Br)cc(Br)c2OCc2ccc(Cl)cc2Cl)SC(=NCc2ccccc2)N1Cc1ccccc1. The number of amides is 1. The molecular weight excluding hydrogens is 695 g/mol. The van der Waals surface area contributed by atoms with Gasteiger partial charge < -0.3 is 4.74 Å². The van der Waals surface area contributed by atoms with Gasteiger partial charge in [0.25, 0.3) is 5.91 Å². The summed E-state index contributed by atoms with van der Waals surface area (Å²) in [6.07, 6.45) is 1.85. The second-order valence-electron chi connectivity index (χ2n) is 8.90. The zero-order valence-electron chi connectivity index (χ0n) is 21.0. The molecule has 4 aromatic rings. The third-order valence-corrected chi connectivity index (χ3v) is 8.70. The van der Waals surface area contributed by atoms with E-state index in [9.17, 15) is 4.79 Å². The van der Waals surface area contributed by atoms with Crippen molar-refractivity contribution in [2.75, 3.05) is 0 Å². The van der Waals surface area contributed by atoms with Crippen LogP contribution in [-0.4, -0.2) is 16.0 Å². The van der Waals surface area contributed by atoms with Crippen molar-refractivity contribution in [1.82, 2.24) is 4.90 Å². The molecule has 0 aliphatic carbocycles. The van der Waals surface area contributed by atoms with Crippen molar-refractivity contribution in [2.45, 2.75) is 19.7 Å². The summed E-state index contributed by atoms with van der Waals surface area (Å²) in [4.78, 5) is 20.9. The molecule has 0 saturated carbocycles. The minimum absolute atomic E-state index is 0.108. The summed E-state index contributed by atoms with van der Waals surface area (Å²) < 4.78 is 7.81. The van der Waals surface area contributed by atoms with Crippen LogP contribution >= 0.6 is 66.8 Å². The van der Waals surface area contributed by atoms with E-state index in [0.717, 1.165) is 31.2 Å². The molecule has 4 nitrogen and oxygen atoms in total. The van der Waals surface area contributed by atoms with E-state index >= 15 is 0 Å². The minimum atomic E-state index is -0.108. The van der Waals surface area contributed by atoms with Crippen LogP contribution in [0, 0.1) is 0 Å². The van der Waals surface area contributed by atoms with E-state index in [1.54, 1.807) is 17.0 Å². The first-order chi connectivity index (χ1) is 19.4. The maximum Gasteiger partial charge on any atom is 0.267 e. The maximum atomic E-state index is 13.7. The fraction of sp³-hybridized carbons (Fsp3) is 0.0968. The van der Waals surface area contributed by atoms with Gasteiger partial charge in [-0.1, -0.05) is 106 Å². The van der Waals surface area contributed by atoms with Crippen LogP contribution in [0.2, 0.25) is 10.0 Å². The predicted octanol–water partition coefficient (Wildman–Crippen LogP) is 9.77. The lowest BCUT2D eigenvalue weighted by Crippen LogP contribution is -2.28. The molecule has 0 atom stereocenters. The van der Waals surface area contributed by atoms with Gasteiger partial charge in [-0.2, -0.15) is 0 Å². The quantitative estimate of drug-likeness (QED) is 0.171. The van der Waals surface area contributed by atoms with Gasteiger partial charge in [-0.25, -0.2) is 0 Å². The first kappa shape index (κ1) is 29.0. The smallest absolute Gasteiger partial charge is 0.267 e. The van der Waals surface area contributed by atoms with E-state index in [0.29, 0.717) is 39.0 Å². The Hall–Kier alpha value is -2.55. The van der Waals surface area contributed by atoms with Gasteiger partial charge in [0.05, 0.1) is 22.5 Å². The predicted molar refractivity (Wildman–Crippen MR) is 173 cm³/mol. The molecular formula is C31H22Br2Cl2N2O2S. The van der Waals surface area contributed by atoms with Crippen molar-refractivity contribution in [3.63, 3.8) is 0 Å². The first-order valence-electron chi connectivity index (χ1n) is 12.3. The van der Waals surface area contributed by atoms with Gasteiger partial charge in [0.15, 0.2) is 5.17 Å². The Morgan fingerprint density at radius 1 is 0.900 bits per heavy atom. The maximum absolute atomic E-state index is 13.7. The van der Waals surface area contributed by atoms with Crippen molar-refractivity contribution in [1.29, 1.82) is 0 Å². The van der Waals surface area contributed by atoms with Crippen LogP contribution in [0.1, 0.15) is 22.3 Å². The van der Waals surface area contributed by atoms with Crippen molar-refractivity contribution < 1.29 is 9.53 Å². The molecule has 1 heterocycles. The second-order valence-corrected chi connectivity index (χ2v) is 12.5. The Morgan fingerprint density at radius 3 is 2.30 bits per heavy atom. The Kier molecular flexibility index (Phi) is 9.71. The van der Waals surface area contributed by atoms with Gasteiger partial charge in [-0.05, 0) is 69.2 Å². The van der Waals surface area contributed by atoms with E-state index in [2.05, 4.69) is 31.9 Å². The monoisotopic (exact) mass is 714 g/mol. The summed E-state index contributed by atoms with van der Waals surface area (Å²) in [7, 11) is 0. The fourth-order valence-corrected chi connectivity index (χ4v) is 6.85. The Labute approximate surface area is 264 Å². The molecule has 0 spiro atoms. The zero-order valence-corrected chi connectivity index (χ0v) is 26.5. The van der Waals surface area contributed by atoms with Gasteiger partial charge in [0.2, 0.25) is 0 Å². The standard InChI is InChI=1S/C31H22Br2Cl2N2O2S/c32-24-13-23(29(26(33)15-24)39-19-22-11-12-25(34)16-27(22)35)14-28-30(38)37(18-21-9-5-2-6-10-21)31(40-28)36-17-20-7-3-1-4-8-20/h1-16H,17-19H2/b28-14+,36-31?. The van der Waals surface area contributed by atoms with Crippen molar-refractivity contribution in [3.05, 3.63) is 137 Å². The summed E-state index contributed by atoms with van der Waals surface area (Å²) in [6, 6.07) is 29.0. The van der Waals surface area contributed by atoms with Crippen molar-refractivity contribution in [3.8, 4) is 5.75 Å². The molecule has 0 N–H and O–H groups in total. The highest BCUT2D eigenvalue weighted by Crippen LogP contribution is 2.39. The molecule has 1 fully saturated rings. The van der Waals surface area contributed by atoms with Crippen molar-refractivity contribution >= 4 is 84.0 Å². The van der Waals surface area contributed by atoms with E-state index in [4.69, 9.17) is 32.9 Å². The lowest BCUT2D eigenvalue weighted by molar-refractivity contribution is -0.122. The summed E-state index contributed by atoms with van der Waals surface area (Å²) >= 11 is 21.0. The average molecular weight is 717 g/mol. The second kappa shape index (κ2) is 13.4. The molecule has 1 aliphatic heterocycles. The number of aliphatic imine (C=N–C) groups is 1. The van der Waals surface area contributed by atoms with Gasteiger partial charge in [-0.15, -0.1) is 0 Å². The molecule has 0 aromatic heterocycles. The molecule has 1 amide bonds. The Morgan fingerprint density at radius 2 is 1.60 bits per heavy atom. The number of amidine groups is 1. The molecule has 9 heteroatoms. The number of rotatable bonds is 8. The van der Waals surface area contributed by atoms with E-state index in [1.807, 2.05) is 84.9 Å². The minimum Gasteiger partial charge on any atom is -0.487 e. The van der Waals surface area contributed by atoms with Gasteiger partial charge in [0, 0.05) is 25.6 Å². The number of carbonyl (C=O) groups excluding carboxylic acids is 1. The third-order valence-electron chi connectivity index (χ3n) is 6.02. The molecule has 1 aliphatic rings. The molecule has 4 aromatic carbocycles. The summed E-state index contributed by atoms with van der Waals surface area (Å²) in [5.41, 5.74) is 3.65. The normalized spacial score (nSPS) is 15.3. The number of hydrogen-bond acceptors (Lipinski definition) is 4. The van der Waals surface area contributed by atoms with Gasteiger partial charge >= 0.3 is 0 Å². The van der Waals surface area contributed by atoms with E-state index < -0.39 is 0 Å². The first-order valence-corrected chi connectivity index (χ1v) is 15.4. The third kappa shape index (κ3) is 7.20. The van der Waals surface area contributed by atoms with Crippen LogP contribution in [0.4, 0.5) is 0 Å². The number of thioether (sulfide) groups is 1. The zero-order chi connectivity index (χ0) is 28.1. The van der Waals surface area contributed by atoms with Crippen LogP contribution in [0.25, 0.3) is 6.08 Å². The van der Waals surface area contributed by atoms with E-state index in [1.165, 1.54) is 11.8 Å². The number of nitrogens with zero attached hydrogens (tertiary/aromatic N) is 2. The molecule has 5 rings (SSSR count). The van der Waals surface area contributed by atoms with Gasteiger partial charge in [0.1, 0.15) is 12.4 Å². The van der Waals surface area contributed by atoms with Crippen molar-refractivity contribution in [2.24, 2.45) is 4.99 Å². The highest BCUT2D eigenvalue weighted by atomic mass is 79.9. The van der Waals surface area contributed by atoms with Crippen LogP contribution in [0.15, 0.2) is 110 Å². The van der Waals surface area contributed by atoms with Crippen LogP contribution in [-0.2, 0) is 24.5 Å². The number of benzene rings is 4. The molecule has 202 valence electrons. The molecule has 40 heavy (non-hydrogen) atoms. The molecule has 0 unspecified atom stereocenters. The van der Waals surface area contributed by atoms with Crippen LogP contribution in [0.3, 0.4) is 0 Å². The molecule has 0 bridgehead atoms. The highest BCUT2D eigenvalue weighted by Gasteiger charge is 2.33. The lowest BCUT2D eigenvalue weighted by Gasteiger charge is -2.16. The Balaban J connectivity index is 1.46. The summed E-state index contributed by atoms with van der Waals surface area (Å²) in [5.74, 6) is 0.489. The Bertz CT molecular complexity index is 1600. The fourth-order valence-electron chi connectivity index (χ4n) is 4.04. The summed E-state index contributed by atoms with van der Waals surface area (Å²) in [5, 5.41) is 1.75. The van der Waals surface area contributed by atoms with Gasteiger partial charge in [-0.3, -0.25) is 14.7 Å². The number of hydrogen-bond donors (Lipinski definition) is 0. The largest absolute Gasteiger partial charge is 0.487 e. The highest BCUT2D eigenvalue weighted by molar-refractivity contribution is 9.11. The van der Waals surface area contributed by atoms with Crippen LogP contribution in [0.5, 0.6) is 5.75 Å². The summed E-state index contributed by atoms with van der Waals surface area (Å²) in [6.45, 7) is 1.14. The topological polar surface area (TPSA) is 41.9 Å². The number of ether oxygens (including phenoxy) is 1. The average Bonchev–Trinajstić information content (AvgIpc) is 3.22.